The molecule has 1 aliphatic rings. The second-order valence-corrected chi connectivity index (χ2v) is 8.87. The van der Waals surface area contributed by atoms with E-state index in [0.29, 0.717) is 47.5 Å². The van der Waals surface area contributed by atoms with E-state index in [1.54, 1.807) is 29.2 Å². The number of thiazole rings is 1. The van der Waals surface area contributed by atoms with Crippen LogP contribution in [0.25, 0.3) is 16.3 Å². The Morgan fingerprint density at radius 3 is 2.67 bits per heavy atom. The molecule has 0 bridgehead atoms. The Morgan fingerprint density at radius 2 is 1.94 bits per heavy atom. The lowest BCUT2D eigenvalue weighted by molar-refractivity contribution is 0.206. The molecule has 0 atom stereocenters. The van der Waals surface area contributed by atoms with Crippen LogP contribution < -0.4 is 14.8 Å². The van der Waals surface area contributed by atoms with E-state index < -0.39 is 0 Å². The number of carbonyl (C=O) groups excluding carboxylic acids is 1. The maximum atomic E-state index is 13.2. The number of aromatic nitrogens is 3. The molecule has 0 radical (unpaired) electrons. The Morgan fingerprint density at radius 1 is 1.18 bits per heavy atom. The smallest absolute Gasteiger partial charge is 0.322 e. The zero-order valence-electron chi connectivity index (χ0n) is 17.8. The highest BCUT2D eigenvalue weighted by Gasteiger charge is 2.27. The van der Waals surface area contributed by atoms with Crippen LogP contribution in [0.4, 0.5) is 14.9 Å². The first-order valence-corrected chi connectivity index (χ1v) is 11.3. The fourth-order valence-corrected chi connectivity index (χ4v) is 5.09. The quantitative estimate of drug-likeness (QED) is 0.444. The Kier molecular flexibility index (Phi) is 5.55. The van der Waals surface area contributed by atoms with E-state index in [0.717, 1.165) is 21.1 Å². The van der Waals surface area contributed by atoms with Crippen LogP contribution in [0, 0.1) is 5.82 Å². The number of fused-ring (bicyclic) bond motifs is 3. The van der Waals surface area contributed by atoms with Crippen LogP contribution in [0.15, 0.2) is 36.4 Å². The van der Waals surface area contributed by atoms with E-state index in [4.69, 9.17) is 21.1 Å². The minimum atomic E-state index is -0.301. The lowest BCUT2D eigenvalue weighted by Gasteiger charge is -2.27. The molecule has 5 rings (SSSR count). The number of methoxy groups -OCH3 is 2. The van der Waals surface area contributed by atoms with Gasteiger partial charge in [-0.2, -0.15) is 4.98 Å². The summed E-state index contributed by atoms with van der Waals surface area (Å²) in [7, 11) is 3.03. The highest BCUT2D eigenvalue weighted by molar-refractivity contribution is 7.17. The summed E-state index contributed by atoms with van der Waals surface area (Å²) in [6, 6.07) is 9.08. The monoisotopic (exact) mass is 487 g/mol. The maximum Gasteiger partial charge on any atom is 0.322 e. The maximum absolute atomic E-state index is 13.2. The average molecular weight is 488 g/mol. The van der Waals surface area contributed by atoms with E-state index in [9.17, 15) is 9.18 Å². The molecule has 0 saturated heterocycles. The average Bonchev–Trinajstić information content (AvgIpc) is 3.37. The number of anilines is 1. The molecule has 2 amide bonds. The number of halogens is 2. The van der Waals surface area contributed by atoms with E-state index in [1.165, 1.54) is 37.7 Å². The minimum absolute atomic E-state index is 0.258. The summed E-state index contributed by atoms with van der Waals surface area (Å²) in [6.07, 6.45) is 0.634. The Bertz CT molecular complexity index is 1350. The van der Waals surface area contributed by atoms with Gasteiger partial charge < -0.3 is 19.7 Å². The third kappa shape index (κ3) is 3.96. The van der Waals surface area contributed by atoms with Gasteiger partial charge in [0, 0.05) is 29.5 Å². The summed E-state index contributed by atoms with van der Waals surface area (Å²) in [5, 5.41) is 7.85. The first-order valence-electron chi connectivity index (χ1n) is 10.1. The highest BCUT2D eigenvalue weighted by Crippen LogP contribution is 2.36. The number of carbonyl (C=O) groups is 1. The van der Waals surface area contributed by atoms with Gasteiger partial charge in [0.1, 0.15) is 17.3 Å². The van der Waals surface area contributed by atoms with Crippen LogP contribution in [0.1, 0.15) is 10.6 Å². The van der Waals surface area contributed by atoms with Crippen LogP contribution in [0.2, 0.25) is 5.02 Å². The minimum Gasteiger partial charge on any atom is -0.495 e. The number of nitrogens with zero attached hydrogens (tertiary/aromatic N) is 4. The number of ether oxygens (including phenoxy) is 2. The molecular formula is C22H19ClFN5O3S. The molecule has 4 aromatic rings. The Hall–Kier alpha value is -3.37. The summed E-state index contributed by atoms with van der Waals surface area (Å²) in [6.45, 7) is 0.956. The van der Waals surface area contributed by atoms with Gasteiger partial charge in [-0.25, -0.2) is 13.7 Å². The molecule has 0 unspecified atom stereocenters. The molecular weight excluding hydrogens is 469 g/mol. The summed E-state index contributed by atoms with van der Waals surface area (Å²) in [5.41, 5.74) is 2.25. The third-order valence-electron chi connectivity index (χ3n) is 5.43. The standard InChI is InChI=1S/C22H19ClFN5O3S/c1-31-17-10-18(32-2)15(9-14(17)23)25-21(30)28-8-7-16-19(11-28)33-22-26-20(27-29(16)22)12-3-5-13(24)6-4-12/h3-6,9-10H,7-8,11H2,1-2H3,(H,25,30). The van der Waals surface area contributed by atoms with Crippen molar-refractivity contribution in [2.75, 3.05) is 26.1 Å². The zero-order chi connectivity index (χ0) is 23.1. The van der Waals surface area contributed by atoms with Gasteiger partial charge >= 0.3 is 6.03 Å². The molecule has 0 spiro atoms. The van der Waals surface area contributed by atoms with Crippen molar-refractivity contribution in [2.45, 2.75) is 13.0 Å². The molecule has 2 aromatic heterocycles. The van der Waals surface area contributed by atoms with Crippen molar-refractivity contribution < 1.29 is 18.7 Å². The number of hydrogen-bond acceptors (Lipinski definition) is 6. The lowest BCUT2D eigenvalue weighted by atomic mass is 10.2. The predicted molar refractivity (Wildman–Crippen MR) is 124 cm³/mol. The van der Waals surface area contributed by atoms with Crippen molar-refractivity contribution in [3.05, 3.63) is 57.8 Å². The van der Waals surface area contributed by atoms with Crippen LogP contribution in [0.5, 0.6) is 11.5 Å². The van der Waals surface area contributed by atoms with E-state index in [-0.39, 0.29) is 11.8 Å². The van der Waals surface area contributed by atoms with Crippen molar-refractivity contribution in [2.24, 2.45) is 0 Å². The molecule has 33 heavy (non-hydrogen) atoms. The summed E-state index contributed by atoms with van der Waals surface area (Å²) in [5.74, 6) is 1.16. The van der Waals surface area contributed by atoms with Crippen LogP contribution in [-0.4, -0.2) is 46.3 Å². The van der Waals surface area contributed by atoms with Gasteiger partial charge in [-0.15, -0.1) is 5.10 Å². The summed E-state index contributed by atoms with van der Waals surface area (Å²) >= 11 is 7.71. The molecule has 0 aliphatic carbocycles. The molecule has 11 heteroatoms. The second kappa shape index (κ2) is 8.53. The van der Waals surface area contributed by atoms with Crippen LogP contribution >= 0.6 is 22.9 Å². The highest BCUT2D eigenvalue weighted by atomic mass is 35.5. The topological polar surface area (TPSA) is 81.0 Å². The van der Waals surface area contributed by atoms with Gasteiger partial charge in [0.05, 0.1) is 37.2 Å². The van der Waals surface area contributed by atoms with Crippen molar-refractivity contribution in [3.8, 4) is 22.9 Å². The van der Waals surface area contributed by atoms with Crippen molar-refractivity contribution in [1.82, 2.24) is 19.5 Å². The van der Waals surface area contributed by atoms with Gasteiger partial charge in [-0.1, -0.05) is 22.9 Å². The molecule has 2 aromatic carbocycles. The van der Waals surface area contributed by atoms with E-state index in [1.807, 2.05) is 4.52 Å². The molecule has 0 fully saturated rings. The fourth-order valence-electron chi connectivity index (χ4n) is 3.74. The van der Waals surface area contributed by atoms with E-state index >= 15 is 0 Å². The van der Waals surface area contributed by atoms with Gasteiger partial charge in [-0.05, 0) is 30.3 Å². The van der Waals surface area contributed by atoms with Crippen LogP contribution in [-0.2, 0) is 13.0 Å². The number of benzene rings is 2. The van der Waals surface area contributed by atoms with Gasteiger partial charge in [0.15, 0.2) is 5.82 Å². The normalized spacial score (nSPS) is 13.2. The molecule has 170 valence electrons. The van der Waals surface area contributed by atoms with Crippen molar-refractivity contribution in [3.63, 3.8) is 0 Å². The van der Waals surface area contributed by atoms with Crippen molar-refractivity contribution >= 4 is 39.6 Å². The first-order chi connectivity index (χ1) is 16.0. The molecule has 1 aliphatic heterocycles. The number of urea groups is 1. The van der Waals surface area contributed by atoms with Gasteiger partial charge in [0.25, 0.3) is 0 Å². The largest absolute Gasteiger partial charge is 0.495 e. The number of nitrogens with one attached hydrogen (secondary N) is 1. The molecule has 3 heterocycles. The number of hydrogen-bond donors (Lipinski definition) is 1. The predicted octanol–water partition coefficient (Wildman–Crippen LogP) is 4.86. The molecule has 0 saturated carbocycles. The second-order valence-electron chi connectivity index (χ2n) is 7.40. The number of amides is 2. The third-order valence-corrected chi connectivity index (χ3v) is 6.78. The first kappa shape index (κ1) is 21.5. The van der Waals surface area contributed by atoms with Gasteiger partial charge in [-0.3, -0.25) is 0 Å². The van der Waals surface area contributed by atoms with Crippen LogP contribution in [0.3, 0.4) is 0 Å². The number of rotatable bonds is 4. The Labute approximate surface area is 197 Å². The summed E-state index contributed by atoms with van der Waals surface area (Å²) < 4.78 is 25.6. The zero-order valence-corrected chi connectivity index (χ0v) is 19.3. The van der Waals surface area contributed by atoms with E-state index in [2.05, 4.69) is 15.4 Å². The molecule has 1 N–H and O–H groups in total. The summed E-state index contributed by atoms with van der Waals surface area (Å²) in [4.78, 5) is 21.0. The fraction of sp³-hybridized carbons (Fsp3) is 0.227. The molecule has 8 nitrogen and oxygen atoms in total. The SMILES string of the molecule is COc1cc(OC)c(NC(=O)N2CCc3c(sc4nc(-c5ccc(F)cc5)nn34)C2)cc1Cl. The Balaban J connectivity index is 1.35. The van der Waals surface area contributed by atoms with Crippen molar-refractivity contribution in [1.29, 1.82) is 0 Å². The lowest BCUT2D eigenvalue weighted by Crippen LogP contribution is -2.38. The van der Waals surface area contributed by atoms with Gasteiger partial charge in [0.2, 0.25) is 4.96 Å².